The summed E-state index contributed by atoms with van der Waals surface area (Å²) in [6.45, 7) is 0. The van der Waals surface area contributed by atoms with Crippen LogP contribution < -0.4 is 14.8 Å². The second-order valence-electron chi connectivity index (χ2n) is 4.94. The second kappa shape index (κ2) is 7.67. The summed E-state index contributed by atoms with van der Waals surface area (Å²) in [5, 5.41) is 5.07. The molecule has 25 heavy (non-hydrogen) atoms. The van der Waals surface area contributed by atoms with E-state index in [1.54, 1.807) is 38.7 Å². The summed E-state index contributed by atoms with van der Waals surface area (Å²) in [6, 6.07) is 9.00. The smallest absolute Gasteiger partial charge is 0.250 e. The number of carbonyl (C=O) groups excluding carboxylic acids is 1. The van der Waals surface area contributed by atoms with Crippen molar-refractivity contribution in [1.82, 2.24) is 4.98 Å². The fraction of sp³-hybridized carbons (Fsp3) is 0.111. The normalized spacial score (nSPS) is 10.8. The molecule has 0 aliphatic rings. The minimum Gasteiger partial charge on any atom is -0.497 e. The summed E-state index contributed by atoms with van der Waals surface area (Å²) in [4.78, 5) is 16.4. The average Bonchev–Trinajstić information content (AvgIpc) is 3.31. The zero-order chi connectivity index (χ0) is 17.6. The molecule has 128 valence electrons. The van der Waals surface area contributed by atoms with Crippen LogP contribution in [0.25, 0.3) is 17.3 Å². The summed E-state index contributed by atoms with van der Waals surface area (Å²) in [5.41, 5.74) is 1.50. The van der Waals surface area contributed by atoms with Gasteiger partial charge >= 0.3 is 0 Å². The quantitative estimate of drug-likeness (QED) is 0.674. The lowest BCUT2D eigenvalue weighted by molar-refractivity contribution is -0.111. The molecule has 0 saturated carbocycles. The summed E-state index contributed by atoms with van der Waals surface area (Å²) in [7, 11) is 3.20. The van der Waals surface area contributed by atoms with Crippen LogP contribution in [0.3, 0.4) is 0 Å². The molecule has 0 aliphatic carbocycles. The molecule has 1 aromatic carbocycles. The number of ether oxygens (including phenoxy) is 2. The van der Waals surface area contributed by atoms with E-state index in [0.29, 0.717) is 28.1 Å². The van der Waals surface area contributed by atoms with Gasteiger partial charge in [-0.2, -0.15) is 0 Å². The van der Waals surface area contributed by atoms with Gasteiger partial charge in [0.05, 0.1) is 26.2 Å². The van der Waals surface area contributed by atoms with Crippen molar-refractivity contribution >= 4 is 28.5 Å². The van der Waals surface area contributed by atoms with Crippen molar-refractivity contribution < 1.29 is 18.7 Å². The van der Waals surface area contributed by atoms with E-state index in [1.165, 1.54) is 17.4 Å². The zero-order valence-electron chi connectivity index (χ0n) is 13.7. The van der Waals surface area contributed by atoms with Crippen molar-refractivity contribution in [2.75, 3.05) is 19.5 Å². The second-order valence-corrected chi connectivity index (χ2v) is 5.80. The first-order valence-corrected chi connectivity index (χ1v) is 8.28. The summed E-state index contributed by atoms with van der Waals surface area (Å²) >= 11 is 1.33. The third-order valence-electron chi connectivity index (χ3n) is 3.36. The van der Waals surface area contributed by atoms with Crippen molar-refractivity contribution in [2.24, 2.45) is 0 Å². The largest absolute Gasteiger partial charge is 0.497 e. The van der Waals surface area contributed by atoms with Crippen LogP contribution in [0.1, 0.15) is 5.76 Å². The van der Waals surface area contributed by atoms with Crippen LogP contribution in [0.15, 0.2) is 52.5 Å². The Morgan fingerprint density at radius 3 is 2.88 bits per heavy atom. The summed E-state index contributed by atoms with van der Waals surface area (Å²) in [6.07, 6.45) is 4.53. The molecule has 3 rings (SSSR count). The Kier molecular flexibility index (Phi) is 5.15. The number of nitrogens with zero attached hydrogens (tertiary/aromatic N) is 1. The fourth-order valence-corrected chi connectivity index (χ4v) is 2.87. The lowest BCUT2D eigenvalue weighted by Gasteiger charge is -2.08. The molecular formula is C18H16N2O4S. The molecule has 2 heterocycles. The lowest BCUT2D eigenvalue weighted by atomic mass is 10.1. The van der Waals surface area contributed by atoms with Crippen LogP contribution in [0, 0.1) is 0 Å². The van der Waals surface area contributed by atoms with Crippen molar-refractivity contribution in [3.05, 3.63) is 53.8 Å². The number of thiazole rings is 1. The highest BCUT2D eigenvalue weighted by Crippen LogP contribution is 2.34. The monoisotopic (exact) mass is 356 g/mol. The number of rotatable bonds is 6. The maximum Gasteiger partial charge on any atom is 0.250 e. The van der Waals surface area contributed by atoms with Crippen LogP contribution in [-0.2, 0) is 4.79 Å². The van der Waals surface area contributed by atoms with Crippen LogP contribution in [0.4, 0.5) is 5.13 Å². The third kappa shape index (κ3) is 4.07. The molecule has 0 fully saturated rings. The number of benzene rings is 1. The molecule has 1 N–H and O–H groups in total. The molecule has 0 radical (unpaired) electrons. The van der Waals surface area contributed by atoms with E-state index in [0.717, 1.165) is 5.56 Å². The number of carbonyl (C=O) groups is 1. The number of hydrogen-bond acceptors (Lipinski definition) is 6. The maximum absolute atomic E-state index is 12.0. The highest BCUT2D eigenvalue weighted by Gasteiger charge is 2.12. The van der Waals surface area contributed by atoms with E-state index in [-0.39, 0.29) is 5.91 Å². The van der Waals surface area contributed by atoms with Gasteiger partial charge in [0.15, 0.2) is 5.13 Å². The van der Waals surface area contributed by atoms with Gasteiger partial charge in [-0.3, -0.25) is 10.1 Å². The van der Waals surface area contributed by atoms with Gasteiger partial charge in [-0.05, 0) is 36.4 Å². The molecule has 3 aromatic rings. The van der Waals surface area contributed by atoms with Crippen LogP contribution in [-0.4, -0.2) is 25.1 Å². The number of aromatic nitrogens is 1. The van der Waals surface area contributed by atoms with E-state index in [1.807, 2.05) is 23.6 Å². The van der Waals surface area contributed by atoms with Crippen molar-refractivity contribution in [3.8, 4) is 22.8 Å². The van der Waals surface area contributed by atoms with Gasteiger partial charge < -0.3 is 13.9 Å². The number of hydrogen-bond donors (Lipinski definition) is 1. The van der Waals surface area contributed by atoms with Gasteiger partial charge in [0.25, 0.3) is 0 Å². The van der Waals surface area contributed by atoms with Gasteiger partial charge in [0.2, 0.25) is 5.91 Å². The third-order valence-corrected chi connectivity index (χ3v) is 4.12. The number of methoxy groups -OCH3 is 2. The van der Waals surface area contributed by atoms with Gasteiger partial charge in [-0.25, -0.2) is 4.98 Å². The number of anilines is 1. The topological polar surface area (TPSA) is 73.6 Å². The molecule has 0 saturated heterocycles. The SMILES string of the molecule is COc1ccc(OC)c(-c2csc(NC(=O)C=Cc3ccco3)n2)c1. The first-order chi connectivity index (χ1) is 12.2. The Balaban J connectivity index is 1.75. The van der Waals surface area contributed by atoms with Gasteiger partial charge in [-0.1, -0.05) is 0 Å². The molecule has 1 amide bonds. The molecule has 0 bridgehead atoms. The highest BCUT2D eigenvalue weighted by atomic mass is 32.1. The Labute approximate surface area is 148 Å². The van der Waals surface area contributed by atoms with Crippen molar-refractivity contribution in [3.63, 3.8) is 0 Å². The van der Waals surface area contributed by atoms with Gasteiger partial charge in [0.1, 0.15) is 17.3 Å². The molecule has 0 unspecified atom stereocenters. The van der Waals surface area contributed by atoms with Crippen molar-refractivity contribution in [1.29, 1.82) is 0 Å². The Hall–Kier alpha value is -3.06. The summed E-state index contributed by atoms with van der Waals surface area (Å²) in [5.74, 6) is 1.71. The molecule has 6 nitrogen and oxygen atoms in total. The standard InChI is InChI=1S/C18H16N2O4S/c1-22-13-5-7-16(23-2)14(10-13)15-11-25-18(19-15)20-17(21)8-6-12-4-3-9-24-12/h3-11H,1-2H3,(H,19,20,21). The van der Waals surface area contributed by atoms with Gasteiger partial charge in [0, 0.05) is 17.0 Å². The molecule has 0 spiro atoms. The van der Waals surface area contributed by atoms with Crippen LogP contribution >= 0.6 is 11.3 Å². The van der Waals surface area contributed by atoms with E-state index in [4.69, 9.17) is 13.9 Å². The molecule has 0 atom stereocenters. The first-order valence-electron chi connectivity index (χ1n) is 7.40. The predicted octanol–water partition coefficient (Wildman–Crippen LogP) is 4.07. The molecule has 0 aliphatic heterocycles. The number of furan rings is 1. The van der Waals surface area contributed by atoms with Crippen LogP contribution in [0.2, 0.25) is 0 Å². The molecular weight excluding hydrogens is 340 g/mol. The Bertz CT molecular complexity index is 884. The summed E-state index contributed by atoms with van der Waals surface area (Å²) < 4.78 is 15.8. The predicted molar refractivity (Wildman–Crippen MR) is 97.0 cm³/mol. The maximum atomic E-state index is 12.0. The highest BCUT2D eigenvalue weighted by molar-refractivity contribution is 7.14. The number of amides is 1. The lowest BCUT2D eigenvalue weighted by Crippen LogP contribution is -2.07. The van der Waals surface area contributed by atoms with Gasteiger partial charge in [-0.15, -0.1) is 11.3 Å². The van der Waals surface area contributed by atoms with E-state index in [2.05, 4.69) is 10.3 Å². The molecule has 7 heteroatoms. The average molecular weight is 356 g/mol. The first kappa shape index (κ1) is 16.8. The molecule has 2 aromatic heterocycles. The minimum absolute atomic E-state index is 0.282. The zero-order valence-corrected chi connectivity index (χ0v) is 14.5. The fourth-order valence-electron chi connectivity index (χ4n) is 2.16. The Morgan fingerprint density at radius 2 is 2.16 bits per heavy atom. The van der Waals surface area contributed by atoms with Crippen molar-refractivity contribution in [2.45, 2.75) is 0 Å². The van der Waals surface area contributed by atoms with E-state index < -0.39 is 0 Å². The Morgan fingerprint density at radius 1 is 1.28 bits per heavy atom. The van der Waals surface area contributed by atoms with E-state index in [9.17, 15) is 4.79 Å². The van der Waals surface area contributed by atoms with Crippen LogP contribution in [0.5, 0.6) is 11.5 Å². The minimum atomic E-state index is -0.282. The number of nitrogens with one attached hydrogen (secondary N) is 1. The van der Waals surface area contributed by atoms with E-state index >= 15 is 0 Å².